The molecule has 0 aliphatic carbocycles. The summed E-state index contributed by atoms with van der Waals surface area (Å²) in [5.74, 6) is 1.21. The lowest BCUT2D eigenvalue weighted by atomic mass is 10.0. The maximum atomic E-state index is 13.0. The summed E-state index contributed by atoms with van der Waals surface area (Å²) in [6.45, 7) is 8.99. The third kappa shape index (κ3) is 5.66. The van der Waals surface area contributed by atoms with Crippen molar-refractivity contribution in [3.8, 4) is 5.69 Å². The van der Waals surface area contributed by atoms with Crippen molar-refractivity contribution in [2.45, 2.75) is 51.2 Å². The highest BCUT2D eigenvalue weighted by molar-refractivity contribution is 7.99. The van der Waals surface area contributed by atoms with Gasteiger partial charge in [0.2, 0.25) is 5.91 Å². The van der Waals surface area contributed by atoms with Gasteiger partial charge in [0.05, 0.1) is 17.3 Å². The standard InChI is InChI=1S/C22H31N3O3S2/c1-16(2)13-25(20-9-12-30(27,28)15-20)21(26)14-29-22-23-10-11-24(22)19-7-5-18(6-8-19)17(3)4/h5-8,10-11,16-17,20H,9,12-15H2,1-4H3. The molecule has 164 valence electrons. The van der Waals surface area contributed by atoms with E-state index in [1.807, 2.05) is 24.6 Å². The van der Waals surface area contributed by atoms with E-state index in [9.17, 15) is 13.2 Å². The zero-order valence-corrected chi connectivity index (χ0v) is 19.7. The predicted molar refractivity (Wildman–Crippen MR) is 122 cm³/mol. The summed E-state index contributed by atoms with van der Waals surface area (Å²) in [5.41, 5.74) is 2.28. The molecule has 0 saturated carbocycles. The first kappa shape index (κ1) is 22.9. The highest BCUT2D eigenvalue weighted by Gasteiger charge is 2.34. The number of sulfone groups is 1. The predicted octanol–water partition coefficient (Wildman–Crippen LogP) is 3.76. The summed E-state index contributed by atoms with van der Waals surface area (Å²) in [5, 5.41) is 0.754. The summed E-state index contributed by atoms with van der Waals surface area (Å²) in [6, 6.07) is 8.15. The Morgan fingerprint density at radius 2 is 1.93 bits per heavy atom. The molecule has 8 heteroatoms. The molecule has 1 aromatic heterocycles. The van der Waals surface area contributed by atoms with Crippen LogP contribution >= 0.6 is 11.8 Å². The number of aromatic nitrogens is 2. The van der Waals surface area contributed by atoms with Gasteiger partial charge < -0.3 is 4.90 Å². The van der Waals surface area contributed by atoms with E-state index in [1.54, 1.807) is 11.1 Å². The van der Waals surface area contributed by atoms with Crippen LogP contribution in [0.4, 0.5) is 0 Å². The van der Waals surface area contributed by atoms with Crippen LogP contribution in [0.15, 0.2) is 41.8 Å². The Kier molecular flexibility index (Phi) is 7.29. The largest absolute Gasteiger partial charge is 0.338 e. The van der Waals surface area contributed by atoms with E-state index in [0.717, 1.165) is 10.8 Å². The second kappa shape index (κ2) is 9.56. The molecule has 1 saturated heterocycles. The van der Waals surface area contributed by atoms with Gasteiger partial charge in [0, 0.05) is 30.7 Å². The van der Waals surface area contributed by atoms with Crippen LogP contribution in [-0.4, -0.2) is 58.6 Å². The van der Waals surface area contributed by atoms with E-state index in [4.69, 9.17) is 0 Å². The van der Waals surface area contributed by atoms with Crippen LogP contribution in [0.2, 0.25) is 0 Å². The smallest absolute Gasteiger partial charge is 0.233 e. The van der Waals surface area contributed by atoms with Gasteiger partial charge in [-0.2, -0.15) is 0 Å². The van der Waals surface area contributed by atoms with Crippen molar-refractivity contribution in [3.05, 3.63) is 42.2 Å². The molecule has 3 rings (SSSR count). The van der Waals surface area contributed by atoms with E-state index >= 15 is 0 Å². The van der Waals surface area contributed by atoms with E-state index in [-0.39, 0.29) is 35.1 Å². The maximum absolute atomic E-state index is 13.0. The number of thioether (sulfide) groups is 1. The maximum Gasteiger partial charge on any atom is 0.233 e. The summed E-state index contributed by atoms with van der Waals surface area (Å²) >= 11 is 1.39. The molecule has 1 atom stereocenters. The molecule has 0 bridgehead atoms. The average molecular weight is 450 g/mol. The fourth-order valence-electron chi connectivity index (χ4n) is 3.69. The Hall–Kier alpha value is -1.80. The molecule has 2 heterocycles. The van der Waals surface area contributed by atoms with Gasteiger partial charge in [0.1, 0.15) is 0 Å². The molecule has 0 N–H and O–H groups in total. The average Bonchev–Trinajstić information content (AvgIpc) is 3.30. The molecule has 1 aliphatic heterocycles. The van der Waals surface area contributed by atoms with E-state index in [1.165, 1.54) is 17.3 Å². The molecule has 1 aromatic carbocycles. The van der Waals surface area contributed by atoms with Crippen molar-refractivity contribution < 1.29 is 13.2 Å². The lowest BCUT2D eigenvalue weighted by molar-refractivity contribution is -0.130. The first-order chi connectivity index (χ1) is 14.2. The monoisotopic (exact) mass is 449 g/mol. The lowest BCUT2D eigenvalue weighted by Crippen LogP contribution is -2.44. The minimum Gasteiger partial charge on any atom is -0.338 e. The summed E-state index contributed by atoms with van der Waals surface area (Å²) in [4.78, 5) is 19.2. The third-order valence-corrected chi connectivity index (χ3v) is 8.00. The normalized spacial score (nSPS) is 18.3. The summed E-state index contributed by atoms with van der Waals surface area (Å²) in [7, 11) is -3.04. The summed E-state index contributed by atoms with van der Waals surface area (Å²) < 4.78 is 25.8. The number of imidazole rings is 1. The molecule has 0 radical (unpaired) electrons. The van der Waals surface area contributed by atoms with Gasteiger partial charge in [-0.1, -0.05) is 51.6 Å². The number of carbonyl (C=O) groups excluding carboxylic acids is 1. The number of hydrogen-bond donors (Lipinski definition) is 0. The van der Waals surface area contributed by atoms with Gasteiger partial charge in [-0.05, 0) is 36.0 Å². The van der Waals surface area contributed by atoms with Crippen LogP contribution in [0.3, 0.4) is 0 Å². The van der Waals surface area contributed by atoms with Crippen molar-refractivity contribution in [3.63, 3.8) is 0 Å². The van der Waals surface area contributed by atoms with Gasteiger partial charge >= 0.3 is 0 Å². The Bertz CT molecular complexity index is 966. The molecular formula is C22H31N3O3S2. The number of carbonyl (C=O) groups is 1. The van der Waals surface area contributed by atoms with Crippen LogP contribution in [0.5, 0.6) is 0 Å². The van der Waals surface area contributed by atoms with E-state index < -0.39 is 9.84 Å². The first-order valence-corrected chi connectivity index (χ1v) is 13.2. The molecule has 6 nitrogen and oxygen atoms in total. The fourth-order valence-corrected chi connectivity index (χ4v) is 6.28. The zero-order chi connectivity index (χ0) is 21.9. The van der Waals surface area contributed by atoms with Crippen LogP contribution < -0.4 is 0 Å². The number of amides is 1. The molecule has 30 heavy (non-hydrogen) atoms. The second-order valence-corrected chi connectivity index (χ2v) is 11.8. The van der Waals surface area contributed by atoms with Crippen LogP contribution in [0.25, 0.3) is 5.69 Å². The second-order valence-electron chi connectivity index (χ2n) is 8.61. The Morgan fingerprint density at radius 3 is 2.50 bits per heavy atom. The van der Waals surface area contributed by atoms with Crippen molar-refractivity contribution in [1.82, 2.24) is 14.5 Å². The molecule has 1 unspecified atom stereocenters. The van der Waals surface area contributed by atoms with E-state index in [0.29, 0.717) is 18.9 Å². The Labute approximate surface area is 184 Å². The molecular weight excluding hydrogens is 418 g/mol. The highest BCUT2D eigenvalue weighted by atomic mass is 32.2. The van der Waals surface area contributed by atoms with Gasteiger partial charge in [-0.3, -0.25) is 9.36 Å². The van der Waals surface area contributed by atoms with Crippen molar-refractivity contribution in [2.75, 3.05) is 23.8 Å². The minimum atomic E-state index is -3.04. The van der Waals surface area contributed by atoms with Crippen LogP contribution in [0.1, 0.15) is 45.6 Å². The molecule has 1 aliphatic rings. The number of nitrogens with zero attached hydrogens (tertiary/aromatic N) is 3. The molecule has 0 spiro atoms. The quantitative estimate of drug-likeness (QED) is 0.574. The van der Waals surface area contributed by atoms with Crippen LogP contribution in [0, 0.1) is 5.92 Å². The van der Waals surface area contributed by atoms with E-state index in [2.05, 4.69) is 43.1 Å². The number of benzene rings is 1. The number of rotatable bonds is 8. The van der Waals surface area contributed by atoms with Gasteiger partial charge in [-0.25, -0.2) is 13.4 Å². The van der Waals surface area contributed by atoms with Crippen LogP contribution in [-0.2, 0) is 14.6 Å². The zero-order valence-electron chi connectivity index (χ0n) is 18.1. The molecule has 2 aromatic rings. The number of hydrogen-bond acceptors (Lipinski definition) is 5. The fraction of sp³-hybridized carbons (Fsp3) is 0.545. The van der Waals surface area contributed by atoms with Crippen molar-refractivity contribution in [1.29, 1.82) is 0 Å². The SMILES string of the molecule is CC(C)CN(C(=O)CSc1nccn1-c1ccc(C(C)C)cc1)C1CCS(=O)(=O)C1. The first-order valence-electron chi connectivity index (χ1n) is 10.4. The molecule has 1 amide bonds. The van der Waals surface area contributed by atoms with Crippen molar-refractivity contribution in [2.24, 2.45) is 5.92 Å². The third-order valence-electron chi connectivity index (χ3n) is 5.30. The molecule has 1 fully saturated rings. The minimum absolute atomic E-state index is 0.0273. The summed E-state index contributed by atoms with van der Waals surface area (Å²) in [6.07, 6.45) is 4.16. The van der Waals surface area contributed by atoms with Gasteiger partial charge in [0.25, 0.3) is 0 Å². The Morgan fingerprint density at radius 1 is 1.23 bits per heavy atom. The topological polar surface area (TPSA) is 72.3 Å². The van der Waals surface area contributed by atoms with Gasteiger partial charge in [-0.15, -0.1) is 0 Å². The lowest BCUT2D eigenvalue weighted by Gasteiger charge is -2.30. The van der Waals surface area contributed by atoms with Gasteiger partial charge in [0.15, 0.2) is 15.0 Å². The van der Waals surface area contributed by atoms with Crippen molar-refractivity contribution >= 4 is 27.5 Å². The highest BCUT2D eigenvalue weighted by Crippen LogP contribution is 2.25. The Balaban J connectivity index is 1.70.